The molecule has 0 heterocycles. The van der Waals surface area contributed by atoms with E-state index in [0.29, 0.717) is 13.2 Å². The highest BCUT2D eigenvalue weighted by molar-refractivity contribution is 5.13. The van der Waals surface area contributed by atoms with Crippen molar-refractivity contribution in [1.29, 1.82) is 0 Å². The molecule has 0 spiro atoms. The molecule has 1 fully saturated rings. The Labute approximate surface area is 95.7 Å². The summed E-state index contributed by atoms with van der Waals surface area (Å²) in [6.07, 6.45) is 0.870. The molecule has 2 N–H and O–H groups in total. The monoisotopic (exact) mass is 222 g/mol. The molecule has 0 aliphatic heterocycles. The molecular weight excluding hydrogens is 204 g/mol. The zero-order valence-electron chi connectivity index (χ0n) is 9.30. The Morgan fingerprint density at radius 2 is 2.00 bits per heavy atom. The average molecular weight is 222 g/mol. The maximum absolute atomic E-state index is 9.26. The van der Waals surface area contributed by atoms with Gasteiger partial charge in [0, 0.05) is 12.0 Å². The number of hydrogen-bond acceptors (Lipinski definition) is 3. The molecular formula is C13H18O3. The van der Waals surface area contributed by atoms with Crippen molar-refractivity contribution < 1.29 is 14.9 Å². The highest BCUT2D eigenvalue weighted by Gasteiger charge is 2.53. The molecule has 1 aliphatic carbocycles. The molecule has 0 aromatic heterocycles. The summed E-state index contributed by atoms with van der Waals surface area (Å²) in [5.74, 6) is 0.216. The van der Waals surface area contributed by atoms with Crippen LogP contribution in [0.25, 0.3) is 0 Å². The number of aliphatic hydroxyl groups excluding tert-OH is 2. The van der Waals surface area contributed by atoms with Crippen molar-refractivity contribution in [3.05, 3.63) is 35.9 Å². The van der Waals surface area contributed by atoms with Crippen molar-refractivity contribution in [1.82, 2.24) is 0 Å². The van der Waals surface area contributed by atoms with Crippen LogP contribution < -0.4 is 0 Å². The highest BCUT2D eigenvalue weighted by atomic mass is 16.5. The molecule has 0 amide bonds. The Balaban J connectivity index is 1.76. The lowest BCUT2D eigenvalue weighted by Gasteiger charge is -2.14. The van der Waals surface area contributed by atoms with Crippen LogP contribution in [0.2, 0.25) is 0 Å². The second-order valence-corrected chi connectivity index (χ2v) is 4.58. The summed E-state index contributed by atoms with van der Waals surface area (Å²) in [5.41, 5.74) is 0.959. The number of hydrogen-bond donors (Lipinski definition) is 2. The van der Waals surface area contributed by atoms with Gasteiger partial charge in [0.05, 0.1) is 19.8 Å². The van der Waals surface area contributed by atoms with Crippen LogP contribution in [-0.2, 0) is 11.3 Å². The third-order valence-electron chi connectivity index (χ3n) is 3.40. The molecule has 88 valence electrons. The van der Waals surface area contributed by atoms with Gasteiger partial charge in [-0.25, -0.2) is 0 Å². The van der Waals surface area contributed by atoms with Crippen LogP contribution in [-0.4, -0.2) is 30.0 Å². The minimum atomic E-state index is -0.177. The Hall–Kier alpha value is -0.900. The van der Waals surface area contributed by atoms with Gasteiger partial charge in [0.2, 0.25) is 0 Å². The van der Waals surface area contributed by atoms with Crippen molar-refractivity contribution in [3.8, 4) is 0 Å². The molecule has 0 bridgehead atoms. The molecule has 1 aromatic carbocycles. The first-order valence-corrected chi connectivity index (χ1v) is 5.64. The van der Waals surface area contributed by atoms with Crippen LogP contribution in [0.5, 0.6) is 0 Å². The lowest BCUT2D eigenvalue weighted by atomic mass is 10.1. The van der Waals surface area contributed by atoms with Gasteiger partial charge in [-0.1, -0.05) is 30.3 Å². The fourth-order valence-corrected chi connectivity index (χ4v) is 2.05. The first-order valence-electron chi connectivity index (χ1n) is 5.64. The summed E-state index contributed by atoms with van der Waals surface area (Å²) in [6.45, 7) is 1.35. The fourth-order valence-electron chi connectivity index (χ4n) is 2.05. The van der Waals surface area contributed by atoms with E-state index in [-0.39, 0.29) is 24.5 Å². The van der Waals surface area contributed by atoms with E-state index < -0.39 is 0 Å². The van der Waals surface area contributed by atoms with Gasteiger partial charge in [-0.05, 0) is 17.9 Å². The van der Waals surface area contributed by atoms with Gasteiger partial charge < -0.3 is 14.9 Å². The minimum absolute atomic E-state index is 0.104. The third kappa shape index (κ3) is 2.43. The molecule has 2 atom stereocenters. The SMILES string of the molecule is OC[C@H]1CC1(CO)COCc1ccccc1. The largest absolute Gasteiger partial charge is 0.396 e. The minimum Gasteiger partial charge on any atom is -0.396 e. The highest BCUT2D eigenvalue weighted by Crippen LogP contribution is 2.51. The van der Waals surface area contributed by atoms with Gasteiger partial charge in [-0.3, -0.25) is 0 Å². The Morgan fingerprint density at radius 3 is 2.56 bits per heavy atom. The molecule has 1 aliphatic rings. The van der Waals surface area contributed by atoms with E-state index in [2.05, 4.69) is 0 Å². The van der Waals surface area contributed by atoms with Gasteiger partial charge in [-0.2, -0.15) is 0 Å². The van der Waals surface area contributed by atoms with Gasteiger partial charge in [0.15, 0.2) is 0 Å². The van der Waals surface area contributed by atoms with E-state index in [4.69, 9.17) is 9.84 Å². The van der Waals surface area contributed by atoms with Crippen molar-refractivity contribution in [2.24, 2.45) is 11.3 Å². The summed E-state index contributed by atoms with van der Waals surface area (Å²) in [7, 11) is 0. The van der Waals surface area contributed by atoms with E-state index in [1.165, 1.54) is 0 Å². The number of rotatable bonds is 6. The summed E-state index contributed by atoms with van der Waals surface area (Å²) in [5, 5.41) is 18.3. The van der Waals surface area contributed by atoms with Crippen LogP contribution in [0.1, 0.15) is 12.0 Å². The predicted octanol–water partition coefficient (Wildman–Crippen LogP) is 1.19. The molecule has 3 heteroatoms. The Morgan fingerprint density at radius 1 is 1.25 bits per heavy atom. The number of ether oxygens (including phenoxy) is 1. The maximum atomic E-state index is 9.26. The normalized spacial score (nSPS) is 28.0. The predicted molar refractivity (Wildman–Crippen MR) is 60.8 cm³/mol. The molecule has 3 nitrogen and oxygen atoms in total. The molecule has 2 rings (SSSR count). The molecule has 0 saturated heterocycles. The van der Waals surface area contributed by atoms with Crippen LogP contribution in [0.15, 0.2) is 30.3 Å². The molecule has 1 saturated carbocycles. The van der Waals surface area contributed by atoms with E-state index in [0.717, 1.165) is 12.0 Å². The van der Waals surface area contributed by atoms with Gasteiger partial charge in [0.1, 0.15) is 0 Å². The smallest absolute Gasteiger partial charge is 0.0717 e. The van der Waals surface area contributed by atoms with E-state index in [1.54, 1.807) is 0 Å². The van der Waals surface area contributed by atoms with Gasteiger partial charge in [0.25, 0.3) is 0 Å². The maximum Gasteiger partial charge on any atom is 0.0717 e. The van der Waals surface area contributed by atoms with Gasteiger partial charge in [-0.15, -0.1) is 0 Å². The van der Waals surface area contributed by atoms with Crippen LogP contribution in [0.3, 0.4) is 0 Å². The average Bonchev–Trinajstić information content (AvgIpc) is 3.05. The summed E-state index contributed by atoms with van der Waals surface area (Å²) in [6, 6.07) is 9.97. The zero-order chi connectivity index (χ0) is 11.4. The number of aliphatic hydroxyl groups is 2. The van der Waals surface area contributed by atoms with Crippen molar-refractivity contribution in [2.75, 3.05) is 19.8 Å². The first-order chi connectivity index (χ1) is 7.80. The molecule has 0 radical (unpaired) electrons. The second kappa shape index (κ2) is 4.95. The first kappa shape index (κ1) is 11.6. The van der Waals surface area contributed by atoms with E-state index in [9.17, 15) is 5.11 Å². The van der Waals surface area contributed by atoms with E-state index >= 15 is 0 Å². The standard InChI is InChI=1S/C13H18O3/c14-7-12-6-13(12,9-15)10-16-8-11-4-2-1-3-5-11/h1-5,12,14-15H,6-10H2/t12-,13?/m1/s1. The summed E-state index contributed by atoms with van der Waals surface area (Å²) >= 11 is 0. The van der Waals surface area contributed by atoms with Crippen molar-refractivity contribution in [2.45, 2.75) is 13.0 Å². The molecule has 1 unspecified atom stereocenters. The fraction of sp³-hybridized carbons (Fsp3) is 0.538. The Kier molecular flexibility index (Phi) is 3.59. The lowest BCUT2D eigenvalue weighted by molar-refractivity contribution is 0.0388. The number of benzene rings is 1. The van der Waals surface area contributed by atoms with Crippen LogP contribution in [0, 0.1) is 11.3 Å². The second-order valence-electron chi connectivity index (χ2n) is 4.58. The van der Waals surface area contributed by atoms with Crippen LogP contribution >= 0.6 is 0 Å². The van der Waals surface area contributed by atoms with Crippen molar-refractivity contribution in [3.63, 3.8) is 0 Å². The summed E-state index contributed by atoms with van der Waals surface area (Å²) < 4.78 is 5.60. The molecule has 16 heavy (non-hydrogen) atoms. The van der Waals surface area contributed by atoms with Gasteiger partial charge >= 0.3 is 0 Å². The topological polar surface area (TPSA) is 49.7 Å². The van der Waals surface area contributed by atoms with E-state index in [1.807, 2.05) is 30.3 Å². The zero-order valence-corrected chi connectivity index (χ0v) is 9.30. The van der Waals surface area contributed by atoms with Crippen LogP contribution in [0.4, 0.5) is 0 Å². The van der Waals surface area contributed by atoms with Crippen molar-refractivity contribution >= 4 is 0 Å². The third-order valence-corrected chi connectivity index (χ3v) is 3.40. The summed E-state index contributed by atoms with van der Waals surface area (Å²) in [4.78, 5) is 0. The molecule has 1 aromatic rings. The quantitative estimate of drug-likeness (QED) is 0.760. The Bertz CT molecular complexity index is 325. The lowest BCUT2D eigenvalue weighted by Crippen LogP contribution is -2.19.